The first-order chi connectivity index (χ1) is 7.99. The summed E-state index contributed by atoms with van der Waals surface area (Å²) in [7, 11) is 0. The van der Waals surface area contributed by atoms with Gasteiger partial charge in [-0.15, -0.1) is 0 Å². The second-order valence-corrected chi connectivity index (χ2v) is 4.71. The van der Waals surface area contributed by atoms with Crippen LogP contribution in [0.5, 0.6) is 0 Å². The second kappa shape index (κ2) is 6.46. The van der Waals surface area contributed by atoms with Crippen LogP contribution >= 0.6 is 15.9 Å². The van der Waals surface area contributed by atoms with Gasteiger partial charge in [0, 0.05) is 16.7 Å². The summed E-state index contributed by atoms with van der Waals surface area (Å²) in [6.45, 7) is 2.76. The zero-order valence-corrected chi connectivity index (χ0v) is 11.3. The van der Waals surface area contributed by atoms with Gasteiger partial charge in [0.15, 0.2) is 0 Å². The van der Waals surface area contributed by atoms with Gasteiger partial charge in [0.1, 0.15) is 6.10 Å². The molecular weight excluding hydrogens is 284 g/mol. The Balaban J connectivity index is 2.47. The van der Waals surface area contributed by atoms with Gasteiger partial charge in [0.05, 0.1) is 6.54 Å². The molecule has 0 aliphatic heterocycles. The summed E-state index contributed by atoms with van der Waals surface area (Å²) in [5.74, 6) is 0.112. The number of benzene rings is 1. The highest BCUT2D eigenvalue weighted by molar-refractivity contribution is 9.10. The van der Waals surface area contributed by atoms with Crippen LogP contribution in [0.4, 0.5) is 5.69 Å². The Kier molecular flexibility index (Phi) is 5.24. The van der Waals surface area contributed by atoms with E-state index in [9.17, 15) is 5.11 Å². The van der Waals surface area contributed by atoms with E-state index in [-0.39, 0.29) is 5.96 Å². The minimum absolute atomic E-state index is 0.112. The minimum atomic E-state index is -0.565. The van der Waals surface area contributed by atoms with Gasteiger partial charge < -0.3 is 10.4 Å². The molecule has 1 aromatic carbocycles. The topological polar surface area (TPSA) is 98.3 Å². The van der Waals surface area contributed by atoms with Crippen LogP contribution in [0.2, 0.25) is 0 Å². The van der Waals surface area contributed by atoms with E-state index < -0.39 is 6.10 Å². The number of guanidine groups is 1. The Morgan fingerprint density at radius 1 is 1.53 bits per heavy atom. The molecule has 1 aromatic rings. The molecule has 0 bridgehead atoms. The highest BCUT2D eigenvalue weighted by Gasteiger charge is 2.05. The van der Waals surface area contributed by atoms with Crippen molar-refractivity contribution in [1.29, 1.82) is 0 Å². The van der Waals surface area contributed by atoms with Crippen molar-refractivity contribution in [2.45, 2.75) is 13.0 Å². The number of hydrogen-bond donors (Lipinski definition) is 5. The number of nitrogens with one attached hydrogen (secondary N) is 2. The highest BCUT2D eigenvalue weighted by atomic mass is 79.9. The third-order valence-corrected chi connectivity index (χ3v) is 2.85. The predicted molar refractivity (Wildman–Crippen MR) is 72.6 cm³/mol. The molecule has 0 fully saturated rings. The fourth-order valence-electron chi connectivity index (χ4n) is 1.30. The van der Waals surface area contributed by atoms with Crippen molar-refractivity contribution in [2.24, 2.45) is 11.5 Å². The molecule has 0 aliphatic rings. The van der Waals surface area contributed by atoms with Crippen LogP contribution in [0.1, 0.15) is 5.56 Å². The molecule has 17 heavy (non-hydrogen) atoms. The number of aliphatic hydroxyl groups is 1. The van der Waals surface area contributed by atoms with E-state index in [1.54, 1.807) is 0 Å². The van der Waals surface area contributed by atoms with Crippen molar-refractivity contribution in [3.63, 3.8) is 0 Å². The van der Waals surface area contributed by atoms with Gasteiger partial charge in [-0.05, 0) is 40.5 Å². The van der Waals surface area contributed by atoms with Gasteiger partial charge in [0.25, 0.3) is 0 Å². The Bertz CT molecular complexity index is 404. The molecule has 0 heterocycles. The lowest BCUT2D eigenvalue weighted by Gasteiger charge is -2.12. The van der Waals surface area contributed by atoms with Crippen molar-refractivity contribution in [2.75, 3.05) is 18.4 Å². The summed E-state index contributed by atoms with van der Waals surface area (Å²) in [4.78, 5) is 2.68. The monoisotopic (exact) mass is 301 g/mol. The second-order valence-electron chi connectivity index (χ2n) is 3.85. The number of rotatable bonds is 5. The Morgan fingerprint density at radius 2 is 2.24 bits per heavy atom. The smallest absolute Gasteiger partial charge is 0.338 e. The molecule has 0 aromatic heterocycles. The van der Waals surface area contributed by atoms with Gasteiger partial charge in [-0.2, -0.15) is 0 Å². The first-order valence-electron chi connectivity index (χ1n) is 5.29. The molecule has 0 saturated carbocycles. The van der Waals surface area contributed by atoms with Crippen LogP contribution in [0.15, 0.2) is 22.7 Å². The quantitative estimate of drug-likeness (QED) is 0.352. The zero-order chi connectivity index (χ0) is 12.8. The average molecular weight is 302 g/mol. The summed E-state index contributed by atoms with van der Waals surface area (Å²) < 4.78 is 0.975. The van der Waals surface area contributed by atoms with E-state index in [0.29, 0.717) is 13.1 Å². The van der Waals surface area contributed by atoms with Gasteiger partial charge in [-0.1, -0.05) is 6.07 Å². The van der Waals surface area contributed by atoms with Crippen molar-refractivity contribution in [3.8, 4) is 0 Å². The maximum absolute atomic E-state index is 9.64. The fraction of sp³-hybridized carbons (Fsp3) is 0.364. The molecular formula is C11H18BrN4O+. The standard InChI is InChI=1S/C11H17BrN4O/c1-7-2-3-10(9(12)4-7)15-5-8(17)6-16-11(13)14/h2-4,8,15,17H,5-6H2,1H3,(H4,13,14,16)/p+1/t8-/m1/s1. The predicted octanol–water partition coefficient (Wildman–Crippen LogP) is -1.12. The maximum atomic E-state index is 9.64. The van der Waals surface area contributed by atoms with Gasteiger partial charge >= 0.3 is 5.96 Å². The molecule has 94 valence electrons. The first kappa shape index (κ1) is 13.8. The fourth-order valence-corrected chi connectivity index (χ4v) is 1.93. The highest BCUT2D eigenvalue weighted by Crippen LogP contribution is 2.22. The first-order valence-corrected chi connectivity index (χ1v) is 6.08. The lowest BCUT2D eigenvalue weighted by Crippen LogP contribution is -2.80. The molecule has 0 unspecified atom stereocenters. The maximum Gasteiger partial charge on any atom is 0.338 e. The molecule has 7 N–H and O–H groups in total. The lowest BCUT2D eigenvalue weighted by atomic mass is 10.2. The molecule has 1 atom stereocenters. The third-order valence-electron chi connectivity index (χ3n) is 2.19. The van der Waals surface area contributed by atoms with Crippen LogP contribution < -0.4 is 21.8 Å². The van der Waals surface area contributed by atoms with Crippen LogP contribution in [-0.4, -0.2) is 30.3 Å². The number of nitrogens with two attached hydrogens (primary N) is 2. The minimum Gasteiger partial charge on any atom is -0.388 e. The Hall–Kier alpha value is -1.27. The molecule has 0 radical (unpaired) electrons. The zero-order valence-electron chi connectivity index (χ0n) is 9.70. The number of aliphatic hydroxyl groups excluding tert-OH is 1. The third kappa shape index (κ3) is 5.06. The largest absolute Gasteiger partial charge is 0.388 e. The summed E-state index contributed by atoms with van der Waals surface area (Å²) in [5.41, 5.74) is 12.6. The summed E-state index contributed by atoms with van der Waals surface area (Å²) in [6.07, 6.45) is -0.565. The average Bonchev–Trinajstić information content (AvgIpc) is 2.25. The molecule has 0 aliphatic carbocycles. The molecule has 0 saturated heterocycles. The van der Waals surface area contributed by atoms with Crippen molar-refractivity contribution in [3.05, 3.63) is 28.2 Å². The summed E-state index contributed by atoms with van der Waals surface area (Å²) >= 11 is 3.46. The summed E-state index contributed by atoms with van der Waals surface area (Å²) in [6, 6.07) is 5.98. The molecule has 5 nitrogen and oxygen atoms in total. The van der Waals surface area contributed by atoms with Gasteiger partial charge in [0.2, 0.25) is 0 Å². The van der Waals surface area contributed by atoms with Crippen molar-refractivity contribution < 1.29 is 10.1 Å². The molecule has 0 amide bonds. The van der Waals surface area contributed by atoms with Crippen LogP contribution in [0.3, 0.4) is 0 Å². The van der Waals surface area contributed by atoms with Crippen LogP contribution in [0, 0.1) is 6.92 Å². The van der Waals surface area contributed by atoms with Crippen molar-refractivity contribution in [1.82, 2.24) is 0 Å². The Labute approximate surface area is 109 Å². The molecule has 1 rings (SSSR count). The van der Waals surface area contributed by atoms with Crippen LogP contribution in [0.25, 0.3) is 0 Å². The van der Waals surface area contributed by atoms with E-state index in [0.717, 1.165) is 10.2 Å². The van der Waals surface area contributed by atoms with E-state index >= 15 is 0 Å². The number of aryl methyl sites for hydroxylation is 1. The van der Waals surface area contributed by atoms with Crippen molar-refractivity contribution >= 4 is 27.6 Å². The van der Waals surface area contributed by atoms with E-state index in [4.69, 9.17) is 11.5 Å². The van der Waals surface area contributed by atoms with Gasteiger partial charge in [-0.3, -0.25) is 16.5 Å². The number of anilines is 1. The number of halogens is 1. The SMILES string of the molecule is Cc1ccc(NC[C@@H](O)C[NH+]=C(N)N)c(Br)c1. The summed E-state index contributed by atoms with van der Waals surface area (Å²) in [5, 5.41) is 12.8. The van der Waals surface area contributed by atoms with E-state index in [2.05, 4.69) is 26.2 Å². The molecule has 0 spiro atoms. The van der Waals surface area contributed by atoms with Crippen LogP contribution in [-0.2, 0) is 0 Å². The normalized spacial score (nSPS) is 11.9. The lowest BCUT2D eigenvalue weighted by molar-refractivity contribution is -0.470. The van der Waals surface area contributed by atoms with E-state index in [1.165, 1.54) is 5.56 Å². The number of hydrogen-bond acceptors (Lipinski definition) is 2. The Morgan fingerprint density at radius 3 is 2.82 bits per heavy atom. The molecule has 6 heteroatoms. The van der Waals surface area contributed by atoms with Gasteiger partial charge in [-0.25, -0.2) is 0 Å². The van der Waals surface area contributed by atoms with E-state index in [1.807, 2.05) is 25.1 Å².